The summed E-state index contributed by atoms with van der Waals surface area (Å²) in [6, 6.07) is 7.93. The van der Waals surface area contributed by atoms with Crippen LogP contribution in [0.2, 0.25) is 0 Å². The molecule has 2 N–H and O–H groups in total. The largest absolute Gasteiger partial charge is 0.368 e. The lowest BCUT2D eigenvalue weighted by Crippen LogP contribution is -2.26. The van der Waals surface area contributed by atoms with Crippen molar-refractivity contribution in [3.8, 4) is 0 Å². The molecular weight excluding hydrogens is 252 g/mol. The van der Waals surface area contributed by atoms with E-state index in [2.05, 4.69) is 34.4 Å². The van der Waals surface area contributed by atoms with Crippen LogP contribution in [-0.2, 0) is 4.79 Å². The molecule has 0 saturated heterocycles. The Labute approximate surface area is 118 Å². The minimum absolute atomic E-state index is 0.0257. The van der Waals surface area contributed by atoms with Crippen LogP contribution < -0.4 is 10.6 Å². The molecule has 2 aromatic rings. The first-order chi connectivity index (χ1) is 9.58. The SMILES string of the molecule is CC(=O)NCCNc1nc(C(C)C)nc2ccccc12. The smallest absolute Gasteiger partial charge is 0.216 e. The van der Waals surface area contributed by atoms with Gasteiger partial charge in [-0.25, -0.2) is 9.97 Å². The lowest BCUT2D eigenvalue weighted by molar-refractivity contribution is -0.118. The van der Waals surface area contributed by atoms with Crippen LogP contribution in [0.15, 0.2) is 24.3 Å². The minimum atomic E-state index is -0.0257. The molecular formula is C15H20N4O. The minimum Gasteiger partial charge on any atom is -0.368 e. The summed E-state index contributed by atoms with van der Waals surface area (Å²) in [5.41, 5.74) is 0.938. The monoisotopic (exact) mass is 272 g/mol. The fourth-order valence-electron chi connectivity index (χ4n) is 1.91. The molecule has 0 radical (unpaired) electrons. The predicted molar refractivity (Wildman–Crippen MR) is 80.8 cm³/mol. The fraction of sp³-hybridized carbons (Fsp3) is 0.400. The van der Waals surface area contributed by atoms with Gasteiger partial charge in [-0.1, -0.05) is 26.0 Å². The second-order valence-electron chi connectivity index (χ2n) is 5.01. The van der Waals surface area contributed by atoms with Gasteiger partial charge in [0.05, 0.1) is 5.52 Å². The molecule has 1 amide bonds. The number of nitrogens with zero attached hydrogens (tertiary/aromatic N) is 2. The number of hydrogen-bond acceptors (Lipinski definition) is 4. The average molecular weight is 272 g/mol. The number of hydrogen-bond donors (Lipinski definition) is 2. The maximum atomic E-state index is 10.8. The molecule has 2 rings (SSSR count). The molecule has 1 aromatic carbocycles. The summed E-state index contributed by atoms with van der Waals surface area (Å²) in [7, 11) is 0. The highest BCUT2D eigenvalue weighted by Gasteiger charge is 2.09. The molecule has 0 aliphatic heterocycles. The van der Waals surface area contributed by atoms with Crippen LogP contribution in [0.5, 0.6) is 0 Å². The Morgan fingerprint density at radius 1 is 1.20 bits per heavy atom. The van der Waals surface area contributed by atoms with E-state index >= 15 is 0 Å². The van der Waals surface area contributed by atoms with Gasteiger partial charge < -0.3 is 10.6 Å². The van der Waals surface area contributed by atoms with Crippen LogP contribution in [0.25, 0.3) is 10.9 Å². The first-order valence-corrected chi connectivity index (χ1v) is 6.83. The third kappa shape index (κ3) is 3.44. The molecule has 0 fully saturated rings. The van der Waals surface area contributed by atoms with E-state index in [1.165, 1.54) is 6.92 Å². The lowest BCUT2D eigenvalue weighted by Gasteiger charge is -2.12. The Kier molecular flexibility index (Phi) is 4.50. The number of amides is 1. The van der Waals surface area contributed by atoms with E-state index in [0.717, 1.165) is 22.5 Å². The van der Waals surface area contributed by atoms with E-state index in [4.69, 9.17) is 0 Å². The van der Waals surface area contributed by atoms with E-state index in [1.807, 2.05) is 24.3 Å². The Bertz CT molecular complexity index is 610. The van der Waals surface area contributed by atoms with Gasteiger partial charge in [-0.2, -0.15) is 0 Å². The number of carbonyl (C=O) groups is 1. The molecule has 0 spiro atoms. The van der Waals surface area contributed by atoms with E-state index in [9.17, 15) is 4.79 Å². The number of para-hydroxylation sites is 1. The summed E-state index contributed by atoms with van der Waals surface area (Å²) in [5.74, 6) is 1.90. The van der Waals surface area contributed by atoms with Crippen molar-refractivity contribution in [2.75, 3.05) is 18.4 Å². The Morgan fingerprint density at radius 2 is 1.95 bits per heavy atom. The zero-order valence-corrected chi connectivity index (χ0v) is 12.1. The summed E-state index contributed by atoms with van der Waals surface area (Å²) in [6.07, 6.45) is 0. The molecule has 0 unspecified atom stereocenters. The third-order valence-corrected chi connectivity index (χ3v) is 2.93. The summed E-state index contributed by atoms with van der Waals surface area (Å²) in [6.45, 7) is 6.87. The molecule has 1 aromatic heterocycles. The van der Waals surface area contributed by atoms with Crippen LogP contribution in [-0.4, -0.2) is 29.0 Å². The van der Waals surface area contributed by atoms with Crippen molar-refractivity contribution in [3.63, 3.8) is 0 Å². The number of nitrogens with one attached hydrogen (secondary N) is 2. The van der Waals surface area contributed by atoms with Crippen molar-refractivity contribution < 1.29 is 4.79 Å². The van der Waals surface area contributed by atoms with Crippen molar-refractivity contribution in [3.05, 3.63) is 30.1 Å². The predicted octanol–water partition coefficient (Wildman–Crippen LogP) is 2.30. The number of benzene rings is 1. The van der Waals surface area contributed by atoms with E-state index in [1.54, 1.807) is 0 Å². The highest BCUT2D eigenvalue weighted by atomic mass is 16.1. The van der Waals surface area contributed by atoms with Gasteiger partial charge >= 0.3 is 0 Å². The molecule has 106 valence electrons. The summed E-state index contributed by atoms with van der Waals surface area (Å²) in [4.78, 5) is 20.0. The Morgan fingerprint density at radius 3 is 2.65 bits per heavy atom. The topological polar surface area (TPSA) is 66.9 Å². The standard InChI is InChI=1S/C15H20N4O/c1-10(2)14-18-13-7-5-4-6-12(13)15(19-14)17-9-8-16-11(3)20/h4-7,10H,8-9H2,1-3H3,(H,16,20)(H,17,18,19). The number of rotatable bonds is 5. The second-order valence-corrected chi connectivity index (χ2v) is 5.01. The van der Waals surface area contributed by atoms with Gasteiger partial charge in [-0.3, -0.25) is 4.79 Å². The first kappa shape index (κ1) is 14.2. The molecule has 1 heterocycles. The van der Waals surface area contributed by atoms with Crippen LogP contribution in [0, 0.1) is 0 Å². The van der Waals surface area contributed by atoms with E-state index in [-0.39, 0.29) is 11.8 Å². The van der Waals surface area contributed by atoms with Crippen molar-refractivity contribution in [2.45, 2.75) is 26.7 Å². The Balaban J connectivity index is 2.23. The maximum Gasteiger partial charge on any atom is 0.216 e. The summed E-state index contributed by atoms with van der Waals surface area (Å²) < 4.78 is 0. The normalized spacial score (nSPS) is 10.8. The van der Waals surface area contributed by atoms with Gasteiger partial charge in [-0.05, 0) is 12.1 Å². The van der Waals surface area contributed by atoms with Gasteiger partial charge in [0.25, 0.3) is 0 Å². The van der Waals surface area contributed by atoms with E-state index < -0.39 is 0 Å². The highest BCUT2D eigenvalue weighted by Crippen LogP contribution is 2.22. The lowest BCUT2D eigenvalue weighted by atomic mass is 10.1. The van der Waals surface area contributed by atoms with Crippen LogP contribution in [0.1, 0.15) is 32.5 Å². The van der Waals surface area contributed by atoms with Crippen LogP contribution in [0.3, 0.4) is 0 Å². The van der Waals surface area contributed by atoms with Gasteiger partial charge in [0, 0.05) is 31.3 Å². The number of carbonyl (C=O) groups excluding carboxylic acids is 1. The molecule has 0 atom stereocenters. The molecule has 5 nitrogen and oxygen atoms in total. The van der Waals surface area contributed by atoms with Gasteiger partial charge in [-0.15, -0.1) is 0 Å². The first-order valence-electron chi connectivity index (χ1n) is 6.83. The van der Waals surface area contributed by atoms with Crippen molar-refractivity contribution in [1.29, 1.82) is 0 Å². The van der Waals surface area contributed by atoms with Gasteiger partial charge in [0.2, 0.25) is 5.91 Å². The number of anilines is 1. The maximum absolute atomic E-state index is 10.8. The molecule has 0 saturated carbocycles. The second kappa shape index (κ2) is 6.32. The molecule has 0 bridgehead atoms. The van der Waals surface area contributed by atoms with Crippen molar-refractivity contribution in [1.82, 2.24) is 15.3 Å². The molecule has 5 heteroatoms. The summed E-state index contributed by atoms with van der Waals surface area (Å²) in [5, 5.41) is 7.03. The van der Waals surface area contributed by atoms with Gasteiger partial charge in [0.15, 0.2) is 0 Å². The quantitative estimate of drug-likeness (QED) is 0.820. The average Bonchev–Trinajstić information content (AvgIpc) is 2.42. The molecule has 0 aliphatic carbocycles. The molecule has 20 heavy (non-hydrogen) atoms. The summed E-state index contributed by atoms with van der Waals surface area (Å²) >= 11 is 0. The number of aromatic nitrogens is 2. The van der Waals surface area contributed by atoms with Crippen LogP contribution in [0.4, 0.5) is 5.82 Å². The fourth-order valence-corrected chi connectivity index (χ4v) is 1.91. The highest BCUT2D eigenvalue weighted by molar-refractivity contribution is 5.89. The number of fused-ring (bicyclic) bond motifs is 1. The van der Waals surface area contributed by atoms with Gasteiger partial charge in [0.1, 0.15) is 11.6 Å². The van der Waals surface area contributed by atoms with Crippen LogP contribution >= 0.6 is 0 Å². The zero-order chi connectivity index (χ0) is 14.5. The van der Waals surface area contributed by atoms with Crippen molar-refractivity contribution >= 4 is 22.6 Å². The van der Waals surface area contributed by atoms with Crippen molar-refractivity contribution in [2.24, 2.45) is 0 Å². The third-order valence-electron chi connectivity index (χ3n) is 2.93. The molecule has 0 aliphatic rings. The van der Waals surface area contributed by atoms with E-state index in [0.29, 0.717) is 13.1 Å². The Hall–Kier alpha value is -2.17. The zero-order valence-electron chi connectivity index (χ0n) is 12.1.